The molecule has 3 rings (SSSR count). The summed E-state index contributed by atoms with van der Waals surface area (Å²) in [6.07, 6.45) is 2.05. The molecule has 0 saturated carbocycles. The number of rotatable bonds is 5. The van der Waals surface area contributed by atoms with E-state index in [0.717, 1.165) is 22.4 Å². The molecule has 0 radical (unpaired) electrons. The Morgan fingerprint density at radius 1 is 0.923 bits per heavy atom. The Morgan fingerprint density at radius 3 is 2.00 bits per heavy atom. The van der Waals surface area contributed by atoms with Gasteiger partial charge in [0.25, 0.3) is 0 Å². The molecule has 3 N–H and O–H groups in total. The van der Waals surface area contributed by atoms with Crippen molar-refractivity contribution in [3.8, 4) is 0 Å². The van der Waals surface area contributed by atoms with Gasteiger partial charge < -0.3 is 20.4 Å². The van der Waals surface area contributed by atoms with Crippen molar-refractivity contribution in [3.63, 3.8) is 0 Å². The number of hydrogen-bond acceptors (Lipinski definition) is 4. The van der Waals surface area contributed by atoms with E-state index < -0.39 is 7.12 Å². The van der Waals surface area contributed by atoms with E-state index in [1.165, 1.54) is 0 Å². The van der Waals surface area contributed by atoms with Crippen LogP contribution >= 0.6 is 0 Å². The standard InChI is InChI=1S/C21H27BN2O2/c1-20(2)21(3,4)26-22(25-20)17(15-23)14-16-10-12-19(13-11-16)24-18-8-6-5-7-9-18/h5-14,24H,15,23H2,1-4H3. The molecule has 1 fully saturated rings. The van der Waals surface area contributed by atoms with Crippen LogP contribution in [0.2, 0.25) is 0 Å². The van der Waals surface area contributed by atoms with E-state index in [1.807, 2.05) is 58.0 Å². The number of para-hydroxylation sites is 1. The maximum absolute atomic E-state index is 6.11. The van der Waals surface area contributed by atoms with Gasteiger partial charge in [0.05, 0.1) is 11.2 Å². The Bertz CT molecular complexity index is 754. The van der Waals surface area contributed by atoms with Gasteiger partial charge >= 0.3 is 7.12 Å². The first kappa shape index (κ1) is 18.7. The van der Waals surface area contributed by atoms with Crippen molar-refractivity contribution >= 4 is 24.6 Å². The third-order valence-corrected chi connectivity index (χ3v) is 5.12. The summed E-state index contributed by atoms with van der Waals surface area (Å²) in [5.41, 5.74) is 9.35. The Balaban J connectivity index is 1.74. The molecule has 136 valence electrons. The average Bonchev–Trinajstić information content (AvgIpc) is 2.82. The molecule has 0 unspecified atom stereocenters. The molecule has 0 amide bonds. The average molecular weight is 350 g/mol. The molecule has 0 atom stereocenters. The first-order chi connectivity index (χ1) is 12.3. The molecule has 0 aromatic heterocycles. The Kier molecular flexibility index (Phi) is 5.23. The fourth-order valence-electron chi connectivity index (χ4n) is 2.78. The lowest BCUT2D eigenvalue weighted by Crippen LogP contribution is -2.41. The third-order valence-electron chi connectivity index (χ3n) is 5.12. The fraction of sp³-hybridized carbons (Fsp3) is 0.333. The van der Waals surface area contributed by atoms with Crippen molar-refractivity contribution in [2.45, 2.75) is 38.9 Å². The second kappa shape index (κ2) is 7.27. The van der Waals surface area contributed by atoms with E-state index in [1.54, 1.807) is 0 Å². The van der Waals surface area contributed by atoms with E-state index in [9.17, 15) is 0 Å². The number of hydrogen-bond donors (Lipinski definition) is 2. The summed E-state index contributed by atoms with van der Waals surface area (Å²) in [6, 6.07) is 18.3. The predicted molar refractivity (Wildman–Crippen MR) is 109 cm³/mol. The number of benzene rings is 2. The topological polar surface area (TPSA) is 56.5 Å². The molecule has 5 heteroatoms. The van der Waals surface area contributed by atoms with E-state index in [4.69, 9.17) is 15.0 Å². The van der Waals surface area contributed by atoms with Crippen molar-refractivity contribution in [1.82, 2.24) is 0 Å². The van der Waals surface area contributed by atoms with Crippen LogP contribution in [-0.2, 0) is 9.31 Å². The summed E-state index contributed by atoms with van der Waals surface area (Å²) in [5, 5.41) is 3.38. The summed E-state index contributed by atoms with van der Waals surface area (Å²) < 4.78 is 12.2. The normalized spacial score (nSPS) is 18.8. The second-order valence-corrected chi connectivity index (χ2v) is 7.62. The largest absolute Gasteiger partial charge is 0.491 e. The van der Waals surface area contributed by atoms with Crippen molar-refractivity contribution < 1.29 is 9.31 Å². The van der Waals surface area contributed by atoms with Crippen molar-refractivity contribution in [2.75, 3.05) is 11.9 Å². The van der Waals surface area contributed by atoms with Gasteiger partial charge in [0, 0.05) is 17.9 Å². The molecule has 2 aromatic rings. The van der Waals surface area contributed by atoms with Gasteiger partial charge in [-0.15, -0.1) is 0 Å². The van der Waals surface area contributed by atoms with E-state index in [2.05, 4.69) is 35.7 Å². The third kappa shape index (κ3) is 4.01. The van der Waals surface area contributed by atoms with Gasteiger partial charge in [0.2, 0.25) is 0 Å². The van der Waals surface area contributed by atoms with E-state index >= 15 is 0 Å². The van der Waals surface area contributed by atoms with Crippen LogP contribution in [0.5, 0.6) is 0 Å². The summed E-state index contributed by atoms with van der Waals surface area (Å²) in [4.78, 5) is 0. The van der Waals surface area contributed by atoms with Crippen LogP contribution in [0.15, 0.2) is 60.1 Å². The molecule has 0 spiro atoms. The zero-order chi connectivity index (χ0) is 18.8. The molecule has 0 bridgehead atoms. The van der Waals surface area contributed by atoms with Gasteiger partial charge in [0.1, 0.15) is 0 Å². The minimum atomic E-state index is -0.410. The van der Waals surface area contributed by atoms with E-state index in [0.29, 0.717) is 6.54 Å². The van der Waals surface area contributed by atoms with Gasteiger partial charge in [-0.05, 0) is 63.0 Å². The first-order valence-electron chi connectivity index (χ1n) is 8.99. The number of nitrogens with two attached hydrogens (primary N) is 1. The fourth-order valence-corrected chi connectivity index (χ4v) is 2.78. The maximum Gasteiger partial charge on any atom is 0.491 e. The van der Waals surface area contributed by atoms with Crippen molar-refractivity contribution in [1.29, 1.82) is 0 Å². The zero-order valence-electron chi connectivity index (χ0n) is 16.0. The molecule has 2 aromatic carbocycles. The molecule has 0 aliphatic carbocycles. The summed E-state index contributed by atoms with van der Waals surface area (Å²) in [5.74, 6) is 0. The minimum absolute atomic E-state index is 0.366. The highest BCUT2D eigenvalue weighted by molar-refractivity contribution is 6.55. The smallest absolute Gasteiger partial charge is 0.400 e. The molecule has 1 aliphatic rings. The summed E-state index contributed by atoms with van der Waals surface area (Å²) in [7, 11) is -0.410. The molecule has 1 heterocycles. The van der Waals surface area contributed by atoms with E-state index in [-0.39, 0.29) is 11.2 Å². The summed E-state index contributed by atoms with van der Waals surface area (Å²) >= 11 is 0. The minimum Gasteiger partial charge on any atom is -0.400 e. The molecule has 1 aliphatic heterocycles. The van der Waals surface area contributed by atoms with Crippen LogP contribution < -0.4 is 11.1 Å². The van der Waals surface area contributed by atoms with Crippen LogP contribution in [0.4, 0.5) is 11.4 Å². The van der Waals surface area contributed by atoms with Crippen LogP contribution in [0, 0.1) is 0 Å². The van der Waals surface area contributed by atoms with Crippen LogP contribution in [0.25, 0.3) is 6.08 Å². The van der Waals surface area contributed by atoms with Gasteiger partial charge in [0.15, 0.2) is 0 Å². The van der Waals surface area contributed by atoms with Crippen LogP contribution in [0.1, 0.15) is 33.3 Å². The highest BCUT2D eigenvalue weighted by atomic mass is 16.7. The lowest BCUT2D eigenvalue weighted by molar-refractivity contribution is 0.00578. The monoisotopic (exact) mass is 350 g/mol. The Hall–Kier alpha value is -2.08. The van der Waals surface area contributed by atoms with Gasteiger partial charge in [-0.2, -0.15) is 0 Å². The molecule has 26 heavy (non-hydrogen) atoms. The number of nitrogens with one attached hydrogen (secondary N) is 1. The first-order valence-corrected chi connectivity index (χ1v) is 8.99. The zero-order valence-corrected chi connectivity index (χ0v) is 16.0. The maximum atomic E-state index is 6.11. The second-order valence-electron chi connectivity index (χ2n) is 7.62. The quantitative estimate of drug-likeness (QED) is 0.785. The Labute approximate surface area is 156 Å². The SMILES string of the molecule is CC1(C)OB(C(=Cc2ccc(Nc3ccccc3)cc2)CN)OC1(C)C. The van der Waals surface area contributed by atoms with Crippen LogP contribution in [-0.4, -0.2) is 24.9 Å². The lowest BCUT2D eigenvalue weighted by Gasteiger charge is -2.32. The molecular formula is C21H27BN2O2. The highest BCUT2D eigenvalue weighted by Crippen LogP contribution is 2.38. The predicted octanol–water partition coefficient (Wildman–Crippen LogP) is 4.40. The van der Waals surface area contributed by atoms with Crippen molar-refractivity contribution in [2.24, 2.45) is 5.73 Å². The number of anilines is 2. The summed E-state index contributed by atoms with van der Waals surface area (Å²) in [6.45, 7) is 8.58. The highest BCUT2D eigenvalue weighted by Gasteiger charge is 2.52. The Morgan fingerprint density at radius 2 is 1.46 bits per heavy atom. The van der Waals surface area contributed by atoms with Gasteiger partial charge in [-0.1, -0.05) is 36.4 Å². The molecular weight excluding hydrogens is 323 g/mol. The molecule has 4 nitrogen and oxygen atoms in total. The van der Waals surface area contributed by atoms with Crippen molar-refractivity contribution in [3.05, 3.63) is 65.6 Å². The lowest BCUT2D eigenvalue weighted by atomic mass is 9.77. The van der Waals surface area contributed by atoms with Crippen LogP contribution in [0.3, 0.4) is 0 Å². The van der Waals surface area contributed by atoms with Gasteiger partial charge in [-0.25, -0.2) is 0 Å². The van der Waals surface area contributed by atoms with Gasteiger partial charge in [-0.3, -0.25) is 0 Å². The molecule has 1 saturated heterocycles.